The van der Waals surface area contributed by atoms with E-state index in [0.29, 0.717) is 18.9 Å². The third-order valence-electron chi connectivity index (χ3n) is 3.99. The maximum Gasteiger partial charge on any atom is 0.245 e. The van der Waals surface area contributed by atoms with E-state index in [0.717, 1.165) is 18.0 Å². The van der Waals surface area contributed by atoms with E-state index in [9.17, 15) is 4.79 Å². The molecule has 1 aliphatic rings. The highest BCUT2D eigenvalue weighted by Crippen LogP contribution is 2.24. The number of amides is 1. The topological polar surface area (TPSA) is 46.3 Å². The summed E-state index contributed by atoms with van der Waals surface area (Å²) in [6.07, 6.45) is 8.53. The first kappa shape index (κ1) is 14.8. The molecule has 0 aromatic carbocycles. The van der Waals surface area contributed by atoms with Crippen LogP contribution in [0.1, 0.15) is 43.6 Å². The van der Waals surface area contributed by atoms with Crippen molar-refractivity contribution in [1.82, 2.24) is 10.1 Å². The molecule has 0 bridgehead atoms. The van der Waals surface area contributed by atoms with E-state index in [1.54, 1.807) is 0 Å². The third-order valence-corrected chi connectivity index (χ3v) is 3.99. The van der Waals surface area contributed by atoms with Crippen molar-refractivity contribution in [2.24, 2.45) is 5.92 Å². The van der Waals surface area contributed by atoms with Gasteiger partial charge < -0.3 is 9.42 Å². The molecule has 1 aromatic rings. The highest BCUT2D eigenvalue weighted by atomic mass is 16.5. The number of aromatic nitrogens is 1. The number of carbonyl (C=O) groups is 1. The molecule has 1 fully saturated rings. The average Bonchev–Trinajstić information content (AvgIpc) is 2.89. The number of aryl methyl sites for hydroxylation is 1. The van der Waals surface area contributed by atoms with Gasteiger partial charge in [0.25, 0.3) is 0 Å². The molecule has 20 heavy (non-hydrogen) atoms. The fourth-order valence-corrected chi connectivity index (χ4v) is 2.88. The van der Waals surface area contributed by atoms with Crippen LogP contribution in [0, 0.1) is 12.8 Å². The predicted octanol–water partition coefficient (Wildman–Crippen LogP) is 3.12. The van der Waals surface area contributed by atoms with Crippen LogP contribution in [0.5, 0.6) is 0 Å². The van der Waals surface area contributed by atoms with Crippen molar-refractivity contribution in [2.75, 3.05) is 13.1 Å². The Bertz CT molecular complexity index is 447. The Morgan fingerprint density at radius 3 is 2.85 bits per heavy atom. The van der Waals surface area contributed by atoms with E-state index in [1.165, 1.54) is 38.2 Å². The molecule has 4 nitrogen and oxygen atoms in total. The van der Waals surface area contributed by atoms with Gasteiger partial charge >= 0.3 is 0 Å². The molecule has 2 rings (SSSR count). The second-order valence-corrected chi connectivity index (χ2v) is 5.68. The monoisotopic (exact) mass is 276 g/mol. The van der Waals surface area contributed by atoms with Crippen molar-refractivity contribution in [3.05, 3.63) is 30.2 Å². The molecule has 0 atom stereocenters. The molecule has 1 heterocycles. The van der Waals surface area contributed by atoms with Gasteiger partial charge in [0, 0.05) is 25.6 Å². The van der Waals surface area contributed by atoms with Gasteiger partial charge in [-0.15, -0.1) is 0 Å². The Hall–Kier alpha value is -1.58. The number of nitrogens with zero attached hydrogens (tertiary/aromatic N) is 2. The maximum absolute atomic E-state index is 12.0. The van der Waals surface area contributed by atoms with E-state index < -0.39 is 0 Å². The first-order valence-corrected chi connectivity index (χ1v) is 7.52. The highest BCUT2D eigenvalue weighted by Gasteiger charge is 2.19. The van der Waals surface area contributed by atoms with Crippen molar-refractivity contribution in [3.63, 3.8) is 0 Å². The van der Waals surface area contributed by atoms with Gasteiger partial charge in [0.05, 0.1) is 5.69 Å². The Balaban J connectivity index is 1.89. The van der Waals surface area contributed by atoms with Crippen LogP contribution in [-0.4, -0.2) is 29.1 Å². The molecule has 0 saturated heterocycles. The molecule has 0 aliphatic heterocycles. The lowest BCUT2D eigenvalue weighted by Crippen LogP contribution is -2.36. The molecule has 1 aliphatic carbocycles. The van der Waals surface area contributed by atoms with Crippen LogP contribution >= 0.6 is 0 Å². The Kier molecular flexibility index (Phi) is 5.39. The predicted molar refractivity (Wildman–Crippen MR) is 78.3 cm³/mol. The minimum Gasteiger partial charge on any atom is -0.361 e. The summed E-state index contributed by atoms with van der Waals surface area (Å²) in [6.45, 7) is 7.03. The van der Waals surface area contributed by atoms with Crippen LogP contribution in [0.15, 0.2) is 23.2 Å². The fraction of sp³-hybridized carbons (Fsp3) is 0.625. The zero-order chi connectivity index (χ0) is 14.4. The van der Waals surface area contributed by atoms with Gasteiger partial charge in [0.2, 0.25) is 5.91 Å². The second-order valence-electron chi connectivity index (χ2n) is 5.68. The Morgan fingerprint density at radius 2 is 2.25 bits per heavy atom. The Labute approximate surface area is 120 Å². The highest BCUT2D eigenvalue weighted by molar-refractivity contribution is 5.87. The summed E-state index contributed by atoms with van der Waals surface area (Å²) in [5.41, 5.74) is 0.883. The molecule has 0 N–H and O–H groups in total. The van der Waals surface area contributed by atoms with Crippen LogP contribution in [0.25, 0.3) is 0 Å². The standard InChI is InChI=1S/C16H24N2O2/c1-3-16(19)18(12-14-7-5-4-6-8-14)10-9-15-11-13(2)17-20-15/h3,11,14H,1,4-10,12H2,2H3. The van der Waals surface area contributed by atoms with Crippen LogP contribution in [0.2, 0.25) is 0 Å². The van der Waals surface area contributed by atoms with E-state index in [2.05, 4.69) is 11.7 Å². The number of hydrogen-bond donors (Lipinski definition) is 0. The van der Waals surface area contributed by atoms with Gasteiger partial charge in [-0.1, -0.05) is 31.0 Å². The number of carbonyl (C=O) groups excluding carboxylic acids is 1. The van der Waals surface area contributed by atoms with E-state index >= 15 is 0 Å². The molecule has 4 heteroatoms. The van der Waals surface area contributed by atoms with Gasteiger partial charge in [-0.25, -0.2) is 0 Å². The summed E-state index contributed by atoms with van der Waals surface area (Å²) < 4.78 is 5.20. The normalized spacial score (nSPS) is 16.1. The van der Waals surface area contributed by atoms with Crippen molar-refractivity contribution >= 4 is 5.91 Å². The van der Waals surface area contributed by atoms with Crippen LogP contribution in [0.4, 0.5) is 0 Å². The minimum absolute atomic E-state index is 0.0202. The molecule has 0 spiro atoms. The van der Waals surface area contributed by atoms with E-state index in [-0.39, 0.29) is 5.91 Å². The summed E-state index contributed by atoms with van der Waals surface area (Å²) in [7, 11) is 0. The zero-order valence-corrected chi connectivity index (χ0v) is 12.3. The summed E-state index contributed by atoms with van der Waals surface area (Å²) in [5, 5.41) is 3.88. The fourth-order valence-electron chi connectivity index (χ4n) is 2.88. The second kappa shape index (κ2) is 7.27. The molecule has 1 aromatic heterocycles. The maximum atomic E-state index is 12.0. The third kappa shape index (κ3) is 4.22. The van der Waals surface area contributed by atoms with Gasteiger partial charge in [0.1, 0.15) is 5.76 Å². The van der Waals surface area contributed by atoms with Gasteiger partial charge in [0.15, 0.2) is 0 Å². The summed E-state index contributed by atoms with van der Waals surface area (Å²) >= 11 is 0. The van der Waals surface area contributed by atoms with Gasteiger partial charge in [-0.3, -0.25) is 4.79 Å². The SMILES string of the molecule is C=CC(=O)N(CCc1cc(C)no1)CC1CCCCC1. The van der Waals surface area contributed by atoms with Crippen molar-refractivity contribution in [3.8, 4) is 0 Å². The van der Waals surface area contributed by atoms with Crippen molar-refractivity contribution < 1.29 is 9.32 Å². The summed E-state index contributed by atoms with van der Waals surface area (Å²) in [5.74, 6) is 1.50. The summed E-state index contributed by atoms with van der Waals surface area (Å²) in [6, 6.07) is 1.93. The van der Waals surface area contributed by atoms with Gasteiger partial charge in [-0.05, 0) is 31.8 Å². The van der Waals surface area contributed by atoms with Crippen LogP contribution < -0.4 is 0 Å². The van der Waals surface area contributed by atoms with E-state index in [1.807, 2.05) is 17.9 Å². The minimum atomic E-state index is 0.0202. The molecule has 1 saturated carbocycles. The lowest BCUT2D eigenvalue weighted by atomic mass is 9.89. The molecule has 1 amide bonds. The zero-order valence-electron chi connectivity index (χ0n) is 12.3. The summed E-state index contributed by atoms with van der Waals surface area (Å²) in [4.78, 5) is 13.9. The molecular formula is C16H24N2O2. The van der Waals surface area contributed by atoms with Crippen molar-refractivity contribution in [1.29, 1.82) is 0 Å². The molecule has 0 unspecified atom stereocenters. The van der Waals surface area contributed by atoms with Crippen molar-refractivity contribution in [2.45, 2.75) is 45.4 Å². The van der Waals surface area contributed by atoms with Crippen LogP contribution in [0.3, 0.4) is 0 Å². The number of hydrogen-bond acceptors (Lipinski definition) is 3. The molecule has 0 radical (unpaired) electrons. The first-order chi connectivity index (χ1) is 9.69. The Morgan fingerprint density at radius 1 is 1.50 bits per heavy atom. The lowest BCUT2D eigenvalue weighted by Gasteiger charge is -2.29. The molecular weight excluding hydrogens is 252 g/mol. The first-order valence-electron chi connectivity index (χ1n) is 7.52. The smallest absolute Gasteiger partial charge is 0.245 e. The van der Waals surface area contributed by atoms with Gasteiger partial charge in [-0.2, -0.15) is 0 Å². The van der Waals surface area contributed by atoms with Crippen LogP contribution in [-0.2, 0) is 11.2 Å². The van der Waals surface area contributed by atoms with E-state index in [4.69, 9.17) is 4.52 Å². The lowest BCUT2D eigenvalue weighted by molar-refractivity contribution is -0.126. The number of rotatable bonds is 6. The largest absolute Gasteiger partial charge is 0.361 e. The average molecular weight is 276 g/mol. The quantitative estimate of drug-likeness (QED) is 0.750. The molecule has 110 valence electrons.